The molecule has 4 atom stereocenters. The molecule has 43 heavy (non-hydrogen) atoms. The number of alkyl carbamates (subject to hydrolysis) is 1. The molecule has 0 unspecified atom stereocenters. The summed E-state index contributed by atoms with van der Waals surface area (Å²) in [5.41, 5.74) is -0.620. The van der Waals surface area contributed by atoms with Crippen LogP contribution in [0.1, 0.15) is 24.0 Å². The Morgan fingerprint density at radius 3 is 1.79 bits per heavy atom. The van der Waals surface area contributed by atoms with Crippen LogP contribution in [0.2, 0.25) is 0 Å². The number of hydrogen-bond donors (Lipinski definition) is 2. The van der Waals surface area contributed by atoms with Crippen molar-refractivity contribution < 1.29 is 57.4 Å². The predicted molar refractivity (Wildman–Crippen MR) is 150 cm³/mol. The molecule has 2 aromatic rings. The monoisotopic (exact) mass is 597 g/mol. The molecule has 2 aromatic carbocycles. The quantitative estimate of drug-likeness (QED) is 0.234. The van der Waals surface area contributed by atoms with Gasteiger partial charge < -0.3 is 38.3 Å². The van der Waals surface area contributed by atoms with Crippen molar-refractivity contribution in [2.24, 2.45) is 0 Å². The highest BCUT2D eigenvalue weighted by atomic mass is 16.6. The van der Waals surface area contributed by atoms with Crippen molar-refractivity contribution in [2.45, 2.75) is 36.8 Å². The van der Waals surface area contributed by atoms with Crippen LogP contribution >= 0.6 is 0 Å². The van der Waals surface area contributed by atoms with Gasteiger partial charge in [-0.05, 0) is 47.5 Å². The highest BCUT2D eigenvalue weighted by Crippen LogP contribution is 2.38. The van der Waals surface area contributed by atoms with Crippen molar-refractivity contribution in [2.75, 3.05) is 28.4 Å². The van der Waals surface area contributed by atoms with Crippen molar-refractivity contribution in [1.82, 2.24) is 5.32 Å². The third-order valence-corrected chi connectivity index (χ3v) is 6.89. The van der Waals surface area contributed by atoms with Crippen molar-refractivity contribution in [1.29, 1.82) is 0 Å². The molecule has 1 spiro atoms. The normalized spacial score (nSPS) is 23.1. The van der Waals surface area contributed by atoms with Crippen LogP contribution in [0.15, 0.2) is 48.6 Å². The molecule has 2 N–H and O–H groups in total. The van der Waals surface area contributed by atoms with E-state index in [2.05, 4.69) is 0 Å². The second kappa shape index (κ2) is 13.3. The number of methoxy groups -OCH3 is 4. The molecular weight excluding hydrogens is 566 g/mol. The average Bonchev–Trinajstić information content (AvgIpc) is 3.27. The molecule has 1 saturated carbocycles. The fourth-order valence-electron chi connectivity index (χ4n) is 4.82. The molecule has 0 aromatic heterocycles. The predicted octanol–water partition coefficient (Wildman–Crippen LogP) is 2.43. The number of hydrogen-bond acceptors (Lipinski definition) is 12. The first kappa shape index (κ1) is 30.9. The van der Waals surface area contributed by atoms with Gasteiger partial charge >= 0.3 is 18.0 Å². The minimum atomic E-state index is -1.80. The molecular formula is C30H31NO12. The van der Waals surface area contributed by atoms with Gasteiger partial charge in [0.15, 0.2) is 34.7 Å². The van der Waals surface area contributed by atoms with Crippen LogP contribution in [0, 0.1) is 0 Å². The Kier molecular flexibility index (Phi) is 9.56. The van der Waals surface area contributed by atoms with Gasteiger partial charge in [-0.3, -0.25) is 10.1 Å². The zero-order chi connectivity index (χ0) is 31.1. The first-order valence-electron chi connectivity index (χ1n) is 13.0. The minimum absolute atomic E-state index is 0.352. The van der Waals surface area contributed by atoms with E-state index in [4.69, 9.17) is 33.2 Å². The molecule has 1 heterocycles. The van der Waals surface area contributed by atoms with E-state index in [-0.39, 0.29) is 12.8 Å². The van der Waals surface area contributed by atoms with Gasteiger partial charge in [0.05, 0.1) is 34.5 Å². The van der Waals surface area contributed by atoms with Crippen LogP contribution < -0.4 is 24.3 Å². The lowest BCUT2D eigenvalue weighted by molar-refractivity contribution is -0.194. The summed E-state index contributed by atoms with van der Waals surface area (Å²) in [5.74, 6) is -0.626. The van der Waals surface area contributed by atoms with Crippen LogP contribution in [0.4, 0.5) is 4.79 Å². The smallest absolute Gasteiger partial charge is 0.415 e. The highest BCUT2D eigenvalue weighted by molar-refractivity contribution is 6.03. The Hall–Kier alpha value is -5.04. The molecule has 2 fully saturated rings. The third-order valence-electron chi connectivity index (χ3n) is 6.89. The lowest BCUT2D eigenvalue weighted by Crippen LogP contribution is -2.58. The second-order valence-electron chi connectivity index (χ2n) is 9.59. The standard InChI is InChI=1S/C30H31NO12/c1-37-20-9-5-17(13-22(20)39-3)7-11-25(33)41-24-16-30(28(35)31-29(36)43-30)15-19(32)27(24)42-26(34)12-8-18-6-10-21(38-2)23(14-18)40-4/h5-14,19,24,27,32H,15-16H2,1-4H3,(H,31,35,36)/b11-7-,12-8-/t19-,24-,27+,30-/m1/s1. The molecule has 13 nitrogen and oxygen atoms in total. The Bertz CT molecular complexity index is 1450. The van der Waals surface area contributed by atoms with Gasteiger partial charge in [0.2, 0.25) is 0 Å². The van der Waals surface area contributed by atoms with Crippen LogP contribution in [0.25, 0.3) is 12.2 Å². The summed E-state index contributed by atoms with van der Waals surface area (Å²) < 4.78 is 37.2. The topological polar surface area (TPSA) is 165 Å². The number of ether oxygens (including phenoxy) is 7. The average molecular weight is 598 g/mol. The molecule has 1 saturated heterocycles. The highest BCUT2D eigenvalue weighted by Gasteiger charge is 2.58. The molecule has 0 radical (unpaired) electrons. The Balaban J connectivity index is 1.52. The Morgan fingerprint density at radius 1 is 0.814 bits per heavy atom. The second-order valence-corrected chi connectivity index (χ2v) is 9.59. The summed E-state index contributed by atoms with van der Waals surface area (Å²) >= 11 is 0. The molecule has 1 aliphatic carbocycles. The molecule has 1 aliphatic heterocycles. The van der Waals surface area contributed by atoms with Crippen molar-refractivity contribution in [3.05, 3.63) is 59.7 Å². The van der Waals surface area contributed by atoms with Crippen LogP contribution in [0.5, 0.6) is 23.0 Å². The lowest BCUT2D eigenvalue weighted by Gasteiger charge is -2.40. The number of rotatable bonds is 10. The van der Waals surface area contributed by atoms with Gasteiger partial charge in [0.1, 0.15) is 6.10 Å². The zero-order valence-corrected chi connectivity index (χ0v) is 23.9. The minimum Gasteiger partial charge on any atom is -0.493 e. The first-order valence-corrected chi connectivity index (χ1v) is 13.0. The SMILES string of the molecule is COc1ccc(/C=C\C(=O)O[C@H]2[C@H](O)C[C@]3(C[C@H]2OC(=O)/C=C\c2ccc(OC)c(OC)c2)OC(=O)NC3=O)cc1OC. The molecule has 2 aliphatic rings. The zero-order valence-electron chi connectivity index (χ0n) is 23.9. The van der Waals surface area contributed by atoms with Gasteiger partial charge in [-0.1, -0.05) is 12.1 Å². The number of carbonyl (C=O) groups is 4. The molecule has 2 amide bonds. The number of esters is 2. The number of carbonyl (C=O) groups excluding carboxylic acids is 4. The summed E-state index contributed by atoms with van der Waals surface area (Å²) in [6.07, 6.45) is -0.816. The number of amides is 2. The number of nitrogens with one attached hydrogen (secondary N) is 1. The van der Waals surface area contributed by atoms with Crippen molar-refractivity contribution >= 4 is 36.1 Å². The van der Waals surface area contributed by atoms with E-state index in [1.54, 1.807) is 36.4 Å². The van der Waals surface area contributed by atoms with Crippen LogP contribution in [-0.2, 0) is 28.6 Å². The Labute approximate surface area is 246 Å². The van der Waals surface area contributed by atoms with Crippen LogP contribution in [-0.4, -0.2) is 81.4 Å². The van der Waals surface area contributed by atoms with E-state index >= 15 is 0 Å². The number of imide groups is 1. The molecule has 13 heteroatoms. The van der Waals surface area contributed by atoms with Crippen molar-refractivity contribution in [3.63, 3.8) is 0 Å². The van der Waals surface area contributed by atoms with Gasteiger partial charge in [-0.15, -0.1) is 0 Å². The van der Waals surface area contributed by atoms with Gasteiger partial charge in [0.25, 0.3) is 5.91 Å². The van der Waals surface area contributed by atoms with E-state index in [1.807, 2.05) is 5.32 Å². The summed E-state index contributed by atoms with van der Waals surface area (Å²) in [7, 11) is 5.94. The summed E-state index contributed by atoms with van der Waals surface area (Å²) in [6.45, 7) is 0. The van der Waals surface area contributed by atoms with Crippen LogP contribution in [0.3, 0.4) is 0 Å². The van der Waals surface area contributed by atoms with E-state index in [1.165, 1.54) is 40.6 Å². The van der Waals surface area contributed by atoms with E-state index < -0.39 is 47.9 Å². The first-order chi connectivity index (χ1) is 20.6. The van der Waals surface area contributed by atoms with Gasteiger partial charge in [0, 0.05) is 25.0 Å². The van der Waals surface area contributed by atoms with Crippen molar-refractivity contribution in [3.8, 4) is 23.0 Å². The third kappa shape index (κ3) is 7.07. The Morgan fingerprint density at radius 2 is 1.33 bits per heavy atom. The fraction of sp³-hybridized carbons (Fsp3) is 0.333. The fourth-order valence-corrected chi connectivity index (χ4v) is 4.82. The number of aliphatic hydroxyl groups is 1. The van der Waals surface area contributed by atoms with E-state index in [9.17, 15) is 24.3 Å². The molecule has 4 rings (SSSR count). The van der Waals surface area contributed by atoms with E-state index in [0.29, 0.717) is 34.1 Å². The van der Waals surface area contributed by atoms with Gasteiger partial charge in [-0.2, -0.15) is 0 Å². The van der Waals surface area contributed by atoms with Gasteiger partial charge in [-0.25, -0.2) is 14.4 Å². The summed E-state index contributed by atoms with van der Waals surface area (Å²) in [4.78, 5) is 50.0. The molecule has 0 bridgehead atoms. The lowest BCUT2D eigenvalue weighted by atomic mass is 9.79. The maximum absolute atomic E-state index is 12.8. The maximum atomic E-state index is 12.8. The summed E-state index contributed by atoms with van der Waals surface area (Å²) in [5, 5.41) is 12.9. The van der Waals surface area contributed by atoms with E-state index in [0.717, 1.165) is 12.2 Å². The molecule has 228 valence electrons. The summed E-state index contributed by atoms with van der Waals surface area (Å²) in [6, 6.07) is 9.97. The largest absolute Gasteiger partial charge is 0.493 e. The number of aliphatic hydroxyl groups excluding tert-OH is 1. The number of benzene rings is 2. The maximum Gasteiger partial charge on any atom is 0.415 e.